The highest BCUT2D eigenvalue weighted by Crippen LogP contribution is 2.08. The monoisotopic (exact) mass is 335 g/mol. The van der Waals surface area contributed by atoms with Crippen LogP contribution in [0.5, 0.6) is 0 Å². The van der Waals surface area contributed by atoms with Crippen molar-refractivity contribution in [3.63, 3.8) is 0 Å². The fourth-order valence-electron chi connectivity index (χ4n) is 2.61. The molecule has 2 aromatic carbocycles. The number of aromatic nitrogens is 3. The zero-order valence-electron chi connectivity index (χ0n) is 14.2. The van der Waals surface area contributed by atoms with Crippen molar-refractivity contribution in [1.29, 1.82) is 0 Å². The molecular weight excluding hydrogens is 314 g/mol. The minimum atomic E-state index is -0.0407. The van der Waals surface area contributed by atoms with Crippen molar-refractivity contribution in [1.82, 2.24) is 25.0 Å². The number of hydrogen-bond acceptors (Lipinski definition) is 4. The third-order valence-corrected chi connectivity index (χ3v) is 3.81. The maximum absolute atomic E-state index is 12.2. The molecule has 0 aliphatic heterocycles. The lowest BCUT2D eigenvalue weighted by atomic mass is 10.2. The van der Waals surface area contributed by atoms with Crippen LogP contribution >= 0.6 is 0 Å². The van der Waals surface area contributed by atoms with Crippen molar-refractivity contribution in [3.05, 3.63) is 78.4 Å². The summed E-state index contributed by atoms with van der Waals surface area (Å²) >= 11 is 0. The summed E-state index contributed by atoms with van der Waals surface area (Å²) in [4.78, 5) is 14.2. The topological polar surface area (TPSA) is 63.1 Å². The Morgan fingerprint density at radius 2 is 1.76 bits per heavy atom. The van der Waals surface area contributed by atoms with Crippen LogP contribution in [0.1, 0.15) is 11.4 Å². The number of amides is 1. The second-order valence-electron chi connectivity index (χ2n) is 5.89. The Hall–Kier alpha value is -2.99. The van der Waals surface area contributed by atoms with Gasteiger partial charge in [0.15, 0.2) is 5.82 Å². The SMILES string of the molecule is CN(CC(=O)NCc1nncn1-c1ccccc1)Cc1ccccc1. The first kappa shape index (κ1) is 16.9. The van der Waals surface area contributed by atoms with Crippen LogP contribution in [0.15, 0.2) is 67.0 Å². The molecule has 6 nitrogen and oxygen atoms in total. The van der Waals surface area contributed by atoms with Crippen LogP contribution in [0.4, 0.5) is 0 Å². The van der Waals surface area contributed by atoms with Gasteiger partial charge in [0, 0.05) is 12.2 Å². The molecule has 0 spiro atoms. The van der Waals surface area contributed by atoms with Gasteiger partial charge in [0.25, 0.3) is 0 Å². The van der Waals surface area contributed by atoms with E-state index in [1.807, 2.05) is 65.0 Å². The highest BCUT2D eigenvalue weighted by Gasteiger charge is 2.10. The number of rotatable bonds is 7. The van der Waals surface area contributed by atoms with E-state index in [9.17, 15) is 4.79 Å². The van der Waals surface area contributed by atoms with Crippen LogP contribution in [-0.2, 0) is 17.9 Å². The molecule has 0 saturated heterocycles. The summed E-state index contributed by atoms with van der Waals surface area (Å²) in [6.07, 6.45) is 1.65. The van der Waals surface area contributed by atoms with Gasteiger partial charge in [-0.15, -0.1) is 10.2 Å². The van der Waals surface area contributed by atoms with Crippen molar-refractivity contribution in [2.75, 3.05) is 13.6 Å². The van der Waals surface area contributed by atoms with E-state index in [-0.39, 0.29) is 5.91 Å². The van der Waals surface area contributed by atoms with Gasteiger partial charge >= 0.3 is 0 Å². The van der Waals surface area contributed by atoms with Gasteiger partial charge in [0.05, 0.1) is 13.1 Å². The van der Waals surface area contributed by atoms with E-state index in [0.29, 0.717) is 18.9 Å². The molecule has 0 aliphatic carbocycles. The van der Waals surface area contributed by atoms with Gasteiger partial charge in [0.1, 0.15) is 6.33 Å². The molecule has 1 N–H and O–H groups in total. The largest absolute Gasteiger partial charge is 0.348 e. The van der Waals surface area contributed by atoms with E-state index in [1.54, 1.807) is 6.33 Å². The second kappa shape index (κ2) is 8.21. The molecule has 0 aliphatic rings. The van der Waals surface area contributed by atoms with Gasteiger partial charge in [-0.2, -0.15) is 0 Å². The highest BCUT2D eigenvalue weighted by molar-refractivity contribution is 5.77. The average molecular weight is 335 g/mol. The van der Waals surface area contributed by atoms with Crippen LogP contribution in [0.2, 0.25) is 0 Å². The molecule has 0 bridgehead atoms. The van der Waals surface area contributed by atoms with Crippen LogP contribution in [0.3, 0.4) is 0 Å². The fraction of sp³-hybridized carbons (Fsp3) is 0.211. The van der Waals surface area contributed by atoms with E-state index in [4.69, 9.17) is 0 Å². The highest BCUT2D eigenvalue weighted by atomic mass is 16.2. The second-order valence-corrected chi connectivity index (χ2v) is 5.89. The van der Waals surface area contributed by atoms with Crippen LogP contribution in [-0.4, -0.2) is 39.2 Å². The maximum Gasteiger partial charge on any atom is 0.234 e. The predicted molar refractivity (Wildman–Crippen MR) is 96.0 cm³/mol. The lowest BCUT2D eigenvalue weighted by Gasteiger charge is -2.16. The smallest absolute Gasteiger partial charge is 0.234 e. The molecule has 1 amide bonds. The molecule has 0 atom stereocenters. The first-order chi connectivity index (χ1) is 12.2. The summed E-state index contributed by atoms with van der Waals surface area (Å²) in [6, 6.07) is 19.9. The van der Waals surface area contributed by atoms with Crippen molar-refractivity contribution in [2.45, 2.75) is 13.1 Å². The number of carbonyl (C=O) groups excluding carboxylic acids is 1. The number of nitrogens with zero attached hydrogens (tertiary/aromatic N) is 4. The van der Waals surface area contributed by atoms with Crippen molar-refractivity contribution in [3.8, 4) is 5.69 Å². The number of para-hydroxylation sites is 1. The number of benzene rings is 2. The standard InChI is InChI=1S/C19H21N5O/c1-23(13-16-8-4-2-5-9-16)14-19(25)20-12-18-22-21-15-24(18)17-10-6-3-7-11-17/h2-11,15H,12-14H2,1H3,(H,20,25). The predicted octanol–water partition coefficient (Wildman–Crippen LogP) is 2.02. The lowest BCUT2D eigenvalue weighted by molar-refractivity contribution is -0.122. The molecule has 0 unspecified atom stereocenters. The number of carbonyl (C=O) groups is 1. The summed E-state index contributed by atoms with van der Waals surface area (Å²) in [6.45, 7) is 1.40. The molecule has 6 heteroatoms. The maximum atomic E-state index is 12.2. The Bertz CT molecular complexity index is 801. The molecule has 25 heavy (non-hydrogen) atoms. The Kier molecular flexibility index (Phi) is 5.53. The van der Waals surface area contributed by atoms with Gasteiger partial charge in [0.2, 0.25) is 5.91 Å². The van der Waals surface area contributed by atoms with Crippen molar-refractivity contribution in [2.24, 2.45) is 0 Å². The normalized spacial score (nSPS) is 10.8. The first-order valence-corrected chi connectivity index (χ1v) is 8.16. The molecule has 0 saturated carbocycles. The van der Waals surface area contributed by atoms with E-state index < -0.39 is 0 Å². The minimum absolute atomic E-state index is 0.0407. The van der Waals surface area contributed by atoms with Crippen LogP contribution < -0.4 is 5.32 Å². The number of likely N-dealkylation sites (N-methyl/N-ethyl adjacent to an activating group) is 1. The molecular formula is C19H21N5O. The van der Waals surface area contributed by atoms with Gasteiger partial charge in [-0.1, -0.05) is 48.5 Å². The molecule has 3 rings (SSSR count). The summed E-state index contributed by atoms with van der Waals surface area (Å²) in [5, 5.41) is 10.9. The first-order valence-electron chi connectivity index (χ1n) is 8.16. The van der Waals surface area contributed by atoms with Crippen LogP contribution in [0.25, 0.3) is 5.69 Å². The summed E-state index contributed by atoms with van der Waals surface area (Å²) < 4.78 is 1.87. The minimum Gasteiger partial charge on any atom is -0.348 e. The van der Waals surface area contributed by atoms with E-state index in [1.165, 1.54) is 5.56 Å². The van der Waals surface area contributed by atoms with E-state index in [2.05, 4.69) is 27.6 Å². The summed E-state index contributed by atoms with van der Waals surface area (Å²) in [5.74, 6) is 0.659. The van der Waals surface area contributed by atoms with E-state index in [0.717, 1.165) is 12.2 Å². The number of hydrogen-bond donors (Lipinski definition) is 1. The average Bonchev–Trinajstić information content (AvgIpc) is 3.10. The van der Waals surface area contributed by atoms with Crippen molar-refractivity contribution < 1.29 is 4.79 Å². The number of nitrogens with one attached hydrogen (secondary N) is 1. The molecule has 0 fully saturated rings. The molecule has 128 valence electrons. The van der Waals surface area contributed by atoms with E-state index >= 15 is 0 Å². The summed E-state index contributed by atoms with van der Waals surface area (Å²) in [7, 11) is 1.93. The quantitative estimate of drug-likeness (QED) is 0.717. The van der Waals surface area contributed by atoms with Gasteiger partial charge in [-0.25, -0.2) is 0 Å². The molecule has 3 aromatic rings. The fourth-order valence-corrected chi connectivity index (χ4v) is 2.61. The lowest BCUT2D eigenvalue weighted by Crippen LogP contribution is -2.35. The third-order valence-electron chi connectivity index (χ3n) is 3.81. The summed E-state index contributed by atoms with van der Waals surface area (Å²) in [5.41, 5.74) is 2.15. The Labute approximate surface area is 147 Å². The molecule has 1 heterocycles. The van der Waals surface area contributed by atoms with Gasteiger partial charge < -0.3 is 5.32 Å². The van der Waals surface area contributed by atoms with Gasteiger partial charge in [-0.3, -0.25) is 14.3 Å². The molecule has 1 aromatic heterocycles. The molecule has 0 radical (unpaired) electrons. The zero-order valence-corrected chi connectivity index (χ0v) is 14.2. The van der Waals surface area contributed by atoms with Gasteiger partial charge in [-0.05, 0) is 24.7 Å². The Morgan fingerprint density at radius 1 is 1.08 bits per heavy atom. The Balaban J connectivity index is 1.52. The van der Waals surface area contributed by atoms with Crippen molar-refractivity contribution >= 4 is 5.91 Å². The third kappa shape index (κ3) is 4.74. The Morgan fingerprint density at radius 3 is 2.48 bits per heavy atom. The zero-order chi connectivity index (χ0) is 17.5. The van der Waals surface area contributed by atoms with Crippen LogP contribution in [0, 0.1) is 0 Å².